The van der Waals surface area contributed by atoms with E-state index >= 15 is 0 Å². The van der Waals surface area contributed by atoms with Gasteiger partial charge < -0.3 is 4.90 Å². The van der Waals surface area contributed by atoms with Crippen LogP contribution in [0.2, 0.25) is 0 Å². The first-order valence-electron chi connectivity index (χ1n) is 7.16. The molecule has 0 spiro atoms. The third-order valence-electron chi connectivity index (χ3n) is 3.70. The Morgan fingerprint density at radius 1 is 1.33 bits per heavy atom. The second-order valence-corrected chi connectivity index (χ2v) is 7.69. The highest BCUT2D eigenvalue weighted by atomic mass is 32.2. The van der Waals surface area contributed by atoms with E-state index in [0.717, 1.165) is 17.5 Å². The van der Waals surface area contributed by atoms with Crippen LogP contribution in [-0.2, 0) is 27.8 Å². The molecule has 21 heavy (non-hydrogen) atoms. The topological polar surface area (TPSA) is 66.5 Å². The van der Waals surface area contributed by atoms with Gasteiger partial charge in [0.05, 0.1) is 4.90 Å². The van der Waals surface area contributed by atoms with Crippen LogP contribution in [0.15, 0.2) is 23.1 Å². The van der Waals surface area contributed by atoms with Gasteiger partial charge in [-0.15, -0.1) is 0 Å². The SMILES string of the molecule is CNS(=O)(=O)c1ccc2c(c1)CN(C(=O)CC(C)C)CC2. The summed E-state index contributed by atoms with van der Waals surface area (Å²) in [7, 11) is -2.05. The highest BCUT2D eigenvalue weighted by Crippen LogP contribution is 2.23. The highest BCUT2D eigenvalue weighted by molar-refractivity contribution is 7.89. The summed E-state index contributed by atoms with van der Waals surface area (Å²) in [4.78, 5) is 14.2. The van der Waals surface area contributed by atoms with Gasteiger partial charge in [-0.1, -0.05) is 19.9 Å². The van der Waals surface area contributed by atoms with Crippen LogP contribution in [0.3, 0.4) is 0 Å². The van der Waals surface area contributed by atoms with Gasteiger partial charge in [-0.05, 0) is 42.6 Å². The first-order chi connectivity index (χ1) is 9.83. The molecular weight excluding hydrogens is 288 g/mol. The molecule has 5 nitrogen and oxygen atoms in total. The van der Waals surface area contributed by atoms with Crippen molar-refractivity contribution < 1.29 is 13.2 Å². The minimum absolute atomic E-state index is 0.137. The molecule has 2 rings (SSSR count). The number of hydrogen-bond donors (Lipinski definition) is 1. The van der Waals surface area contributed by atoms with Gasteiger partial charge in [-0.25, -0.2) is 13.1 Å². The van der Waals surface area contributed by atoms with Crippen LogP contribution in [0.1, 0.15) is 31.4 Å². The molecule has 0 saturated heterocycles. The third kappa shape index (κ3) is 3.63. The summed E-state index contributed by atoms with van der Waals surface area (Å²) in [5, 5.41) is 0. The largest absolute Gasteiger partial charge is 0.338 e. The molecule has 1 amide bonds. The average Bonchev–Trinajstić information content (AvgIpc) is 2.45. The molecule has 1 aliphatic rings. The molecular formula is C15H22N2O3S. The summed E-state index contributed by atoms with van der Waals surface area (Å²) in [6.45, 7) is 5.24. The molecule has 1 N–H and O–H groups in total. The fourth-order valence-electron chi connectivity index (χ4n) is 2.51. The summed E-state index contributed by atoms with van der Waals surface area (Å²) < 4.78 is 26.0. The zero-order valence-corrected chi connectivity index (χ0v) is 13.5. The fraction of sp³-hybridized carbons (Fsp3) is 0.533. The van der Waals surface area contributed by atoms with Crippen LogP contribution in [0.4, 0.5) is 0 Å². The van der Waals surface area contributed by atoms with E-state index in [4.69, 9.17) is 0 Å². The van der Waals surface area contributed by atoms with E-state index in [1.165, 1.54) is 7.05 Å². The van der Waals surface area contributed by atoms with Crippen molar-refractivity contribution in [3.05, 3.63) is 29.3 Å². The van der Waals surface area contributed by atoms with Gasteiger partial charge >= 0.3 is 0 Å². The molecule has 116 valence electrons. The number of nitrogens with one attached hydrogen (secondary N) is 1. The predicted molar refractivity (Wildman–Crippen MR) is 81.3 cm³/mol. The van der Waals surface area contributed by atoms with Gasteiger partial charge in [0.1, 0.15) is 0 Å². The van der Waals surface area contributed by atoms with Gasteiger partial charge in [0.25, 0.3) is 0 Å². The molecule has 1 aromatic carbocycles. The molecule has 0 atom stereocenters. The first kappa shape index (κ1) is 16.0. The van der Waals surface area contributed by atoms with E-state index in [1.807, 2.05) is 24.8 Å². The predicted octanol–water partition coefficient (Wildman–Crippen LogP) is 1.53. The maximum absolute atomic E-state index is 12.2. The molecule has 0 unspecified atom stereocenters. The lowest BCUT2D eigenvalue weighted by molar-refractivity contribution is -0.132. The number of carbonyl (C=O) groups excluding carboxylic acids is 1. The third-order valence-corrected chi connectivity index (χ3v) is 5.12. The van der Waals surface area contributed by atoms with E-state index in [9.17, 15) is 13.2 Å². The Labute approximate surface area is 126 Å². The molecule has 0 bridgehead atoms. The van der Waals surface area contributed by atoms with Crippen molar-refractivity contribution in [2.24, 2.45) is 5.92 Å². The lowest BCUT2D eigenvalue weighted by Crippen LogP contribution is -2.36. The normalized spacial score (nSPS) is 15.1. The molecule has 0 aliphatic carbocycles. The summed E-state index contributed by atoms with van der Waals surface area (Å²) >= 11 is 0. The van der Waals surface area contributed by atoms with Gasteiger partial charge in [0.15, 0.2) is 0 Å². The smallest absolute Gasteiger partial charge is 0.240 e. The summed E-state index contributed by atoms with van der Waals surface area (Å²) in [5.74, 6) is 0.465. The van der Waals surface area contributed by atoms with Crippen LogP contribution in [-0.4, -0.2) is 32.8 Å². The average molecular weight is 310 g/mol. The van der Waals surface area contributed by atoms with Crippen molar-refractivity contribution in [1.82, 2.24) is 9.62 Å². The number of rotatable bonds is 4. The van der Waals surface area contributed by atoms with Gasteiger partial charge in [0.2, 0.25) is 15.9 Å². The molecule has 0 fully saturated rings. The van der Waals surface area contributed by atoms with E-state index in [0.29, 0.717) is 25.4 Å². The van der Waals surface area contributed by atoms with E-state index in [2.05, 4.69) is 4.72 Å². The minimum atomic E-state index is -3.44. The van der Waals surface area contributed by atoms with Crippen molar-refractivity contribution in [2.45, 2.75) is 38.1 Å². The summed E-state index contributed by atoms with van der Waals surface area (Å²) in [6, 6.07) is 5.15. The standard InChI is InChI=1S/C15H22N2O3S/c1-11(2)8-15(18)17-7-6-12-4-5-14(9-13(12)10-17)21(19,20)16-3/h4-5,9,11,16H,6-8,10H2,1-3H3. The van der Waals surface area contributed by atoms with Gasteiger partial charge in [-0.3, -0.25) is 4.79 Å². The van der Waals surface area contributed by atoms with Crippen molar-refractivity contribution in [3.63, 3.8) is 0 Å². The number of sulfonamides is 1. The van der Waals surface area contributed by atoms with E-state index in [1.54, 1.807) is 12.1 Å². The van der Waals surface area contributed by atoms with Crippen molar-refractivity contribution in [3.8, 4) is 0 Å². The Balaban J connectivity index is 2.23. The van der Waals surface area contributed by atoms with Gasteiger partial charge in [-0.2, -0.15) is 0 Å². The van der Waals surface area contributed by atoms with Crippen LogP contribution in [0.25, 0.3) is 0 Å². The number of benzene rings is 1. The number of carbonyl (C=O) groups is 1. The van der Waals surface area contributed by atoms with Crippen LogP contribution < -0.4 is 4.72 Å². The monoisotopic (exact) mass is 310 g/mol. The highest BCUT2D eigenvalue weighted by Gasteiger charge is 2.23. The second kappa shape index (κ2) is 6.15. The molecule has 0 aromatic heterocycles. The Bertz CT molecular complexity index is 638. The van der Waals surface area contributed by atoms with Crippen LogP contribution in [0, 0.1) is 5.92 Å². The molecule has 1 heterocycles. The number of fused-ring (bicyclic) bond motifs is 1. The van der Waals surface area contributed by atoms with Crippen molar-refractivity contribution in [2.75, 3.05) is 13.6 Å². The van der Waals surface area contributed by atoms with Gasteiger partial charge in [0, 0.05) is 19.5 Å². The lowest BCUT2D eigenvalue weighted by Gasteiger charge is -2.29. The minimum Gasteiger partial charge on any atom is -0.338 e. The zero-order chi connectivity index (χ0) is 15.6. The lowest BCUT2D eigenvalue weighted by atomic mass is 9.99. The fourth-order valence-corrected chi connectivity index (χ4v) is 3.29. The Kier molecular flexibility index (Phi) is 4.68. The molecule has 1 aromatic rings. The maximum Gasteiger partial charge on any atom is 0.240 e. The van der Waals surface area contributed by atoms with E-state index in [-0.39, 0.29) is 10.8 Å². The van der Waals surface area contributed by atoms with Crippen molar-refractivity contribution in [1.29, 1.82) is 0 Å². The first-order valence-corrected chi connectivity index (χ1v) is 8.65. The second-order valence-electron chi connectivity index (χ2n) is 5.80. The zero-order valence-electron chi connectivity index (χ0n) is 12.7. The Morgan fingerprint density at radius 2 is 2.05 bits per heavy atom. The number of nitrogens with zero attached hydrogens (tertiary/aromatic N) is 1. The van der Waals surface area contributed by atoms with Crippen LogP contribution in [0.5, 0.6) is 0 Å². The Hall–Kier alpha value is -1.40. The molecule has 0 saturated carbocycles. The summed E-state index contributed by atoms with van der Waals surface area (Å²) in [5.41, 5.74) is 2.05. The number of hydrogen-bond acceptors (Lipinski definition) is 3. The molecule has 1 aliphatic heterocycles. The van der Waals surface area contributed by atoms with E-state index < -0.39 is 10.0 Å². The molecule has 0 radical (unpaired) electrons. The number of amides is 1. The van der Waals surface area contributed by atoms with Crippen LogP contribution >= 0.6 is 0 Å². The van der Waals surface area contributed by atoms with Crippen molar-refractivity contribution >= 4 is 15.9 Å². The maximum atomic E-state index is 12.2. The Morgan fingerprint density at radius 3 is 2.67 bits per heavy atom. The molecule has 6 heteroatoms. The summed E-state index contributed by atoms with van der Waals surface area (Å²) in [6.07, 6.45) is 1.31. The quantitative estimate of drug-likeness (QED) is 0.917.